The van der Waals surface area contributed by atoms with Crippen molar-refractivity contribution in [2.24, 2.45) is 23.7 Å². The summed E-state index contributed by atoms with van der Waals surface area (Å²) in [4.78, 5) is 27.1. The standard InChI is InChI=1S/C18H16ClNO2/c1-9(2)14-12-6-7-13(14)16-15(12)17(21)20(18(16)22)11-5-3-4-10(19)8-11/h3-8,12-13,15-16H,1-2H3. The molecule has 3 nitrogen and oxygen atoms in total. The third-order valence-corrected chi connectivity index (χ3v) is 5.29. The number of allylic oxidation sites excluding steroid dienone is 4. The van der Waals surface area contributed by atoms with Gasteiger partial charge in [-0.25, -0.2) is 4.90 Å². The van der Waals surface area contributed by atoms with Crippen LogP contribution in [-0.4, -0.2) is 11.8 Å². The summed E-state index contributed by atoms with van der Waals surface area (Å²) in [6, 6.07) is 6.94. The molecule has 2 aliphatic carbocycles. The molecule has 2 bridgehead atoms. The highest BCUT2D eigenvalue weighted by Gasteiger charge is 2.61. The van der Waals surface area contributed by atoms with Gasteiger partial charge in [0, 0.05) is 16.9 Å². The maximum absolute atomic E-state index is 12.9. The summed E-state index contributed by atoms with van der Waals surface area (Å²) in [6.45, 7) is 4.13. The fraction of sp³-hybridized carbons (Fsp3) is 0.333. The molecule has 1 saturated carbocycles. The van der Waals surface area contributed by atoms with Crippen molar-refractivity contribution in [1.29, 1.82) is 0 Å². The lowest BCUT2D eigenvalue weighted by atomic mass is 9.85. The SMILES string of the molecule is CC(C)=C1C2C=CC1C1C(=O)N(c3cccc(Cl)c3)C(=O)C21. The van der Waals surface area contributed by atoms with Crippen LogP contribution < -0.4 is 4.90 Å². The van der Waals surface area contributed by atoms with Crippen molar-refractivity contribution in [3.8, 4) is 0 Å². The van der Waals surface area contributed by atoms with Crippen LogP contribution in [0.5, 0.6) is 0 Å². The Morgan fingerprint density at radius 2 is 1.64 bits per heavy atom. The van der Waals surface area contributed by atoms with Gasteiger partial charge in [0.1, 0.15) is 0 Å². The van der Waals surface area contributed by atoms with E-state index in [4.69, 9.17) is 11.6 Å². The van der Waals surface area contributed by atoms with Gasteiger partial charge >= 0.3 is 0 Å². The lowest BCUT2D eigenvalue weighted by Crippen LogP contribution is -2.33. The number of benzene rings is 1. The van der Waals surface area contributed by atoms with Crippen LogP contribution in [0.15, 0.2) is 47.6 Å². The number of amides is 2. The molecule has 2 amide bonds. The first-order chi connectivity index (χ1) is 10.5. The van der Waals surface area contributed by atoms with Gasteiger partial charge in [-0.15, -0.1) is 0 Å². The van der Waals surface area contributed by atoms with Gasteiger partial charge in [0.25, 0.3) is 0 Å². The lowest BCUT2D eigenvalue weighted by molar-refractivity contribution is -0.122. The molecular formula is C18H16ClNO2. The third-order valence-electron chi connectivity index (χ3n) is 5.06. The Morgan fingerprint density at radius 1 is 1.05 bits per heavy atom. The molecule has 0 spiro atoms. The maximum Gasteiger partial charge on any atom is 0.238 e. The van der Waals surface area contributed by atoms with Crippen molar-refractivity contribution in [2.75, 3.05) is 4.90 Å². The van der Waals surface area contributed by atoms with Crippen LogP contribution >= 0.6 is 11.6 Å². The highest BCUT2D eigenvalue weighted by Crippen LogP contribution is 2.57. The summed E-state index contributed by atoms with van der Waals surface area (Å²) in [7, 11) is 0. The molecule has 4 rings (SSSR count). The minimum Gasteiger partial charge on any atom is -0.274 e. The summed E-state index contributed by atoms with van der Waals surface area (Å²) in [5.41, 5.74) is 3.07. The molecule has 1 aliphatic heterocycles. The second kappa shape index (κ2) is 4.56. The second-order valence-corrected chi connectivity index (χ2v) is 6.87. The number of hydrogen-bond acceptors (Lipinski definition) is 2. The Labute approximate surface area is 134 Å². The number of imide groups is 1. The first-order valence-corrected chi connectivity index (χ1v) is 7.87. The number of nitrogens with zero attached hydrogens (tertiary/aromatic N) is 1. The van der Waals surface area contributed by atoms with E-state index < -0.39 is 0 Å². The topological polar surface area (TPSA) is 37.4 Å². The summed E-state index contributed by atoms with van der Waals surface area (Å²) < 4.78 is 0. The molecule has 2 fully saturated rings. The van der Waals surface area contributed by atoms with Crippen LogP contribution in [-0.2, 0) is 9.59 Å². The van der Waals surface area contributed by atoms with Gasteiger partial charge in [0.15, 0.2) is 0 Å². The minimum absolute atomic E-state index is 0.0839. The Hall–Kier alpha value is -1.87. The molecule has 4 heteroatoms. The molecule has 0 N–H and O–H groups in total. The monoisotopic (exact) mass is 313 g/mol. The van der Waals surface area contributed by atoms with E-state index in [-0.39, 0.29) is 35.5 Å². The quantitative estimate of drug-likeness (QED) is 0.587. The van der Waals surface area contributed by atoms with Crippen LogP contribution in [0.2, 0.25) is 5.02 Å². The third kappa shape index (κ3) is 1.63. The highest BCUT2D eigenvalue weighted by atomic mass is 35.5. The smallest absolute Gasteiger partial charge is 0.238 e. The molecule has 22 heavy (non-hydrogen) atoms. The first kappa shape index (κ1) is 13.8. The molecule has 0 radical (unpaired) electrons. The van der Waals surface area contributed by atoms with Crippen molar-refractivity contribution in [1.82, 2.24) is 0 Å². The normalized spacial score (nSPS) is 32.1. The number of rotatable bonds is 1. The summed E-state index contributed by atoms with van der Waals surface area (Å²) in [5.74, 6) is -0.500. The van der Waals surface area contributed by atoms with Gasteiger partial charge in [-0.3, -0.25) is 9.59 Å². The van der Waals surface area contributed by atoms with E-state index in [1.807, 2.05) is 0 Å². The average Bonchev–Trinajstić information content (AvgIpc) is 3.09. The van der Waals surface area contributed by atoms with E-state index in [1.54, 1.807) is 24.3 Å². The largest absolute Gasteiger partial charge is 0.274 e. The van der Waals surface area contributed by atoms with Gasteiger partial charge in [-0.1, -0.05) is 41.0 Å². The van der Waals surface area contributed by atoms with Crippen LogP contribution in [0.3, 0.4) is 0 Å². The van der Waals surface area contributed by atoms with Crippen LogP contribution in [0, 0.1) is 23.7 Å². The maximum atomic E-state index is 12.9. The Balaban J connectivity index is 1.78. The van der Waals surface area contributed by atoms with Crippen LogP contribution in [0.4, 0.5) is 5.69 Å². The van der Waals surface area contributed by atoms with E-state index in [2.05, 4.69) is 26.0 Å². The zero-order valence-corrected chi connectivity index (χ0v) is 13.2. The molecular weight excluding hydrogens is 298 g/mol. The average molecular weight is 314 g/mol. The van der Waals surface area contributed by atoms with E-state index in [9.17, 15) is 9.59 Å². The van der Waals surface area contributed by atoms with Gasteiger partial charge < -0.3 is 0 Å². The fourth-order valence-corrected chi connectivity index (χ4v) is 4.48. The predicted octanol–water partition coefficient (Wildman–Crippen LogP) is 3.60. The zero-order chi connectivity index (χ0) is 15.6. The zero-order valence-electron chi connectivity index (χ0n) is 12.4. The number of halogens is 1. The Morgan fingerprint density at radius 3 is 2.14 bits per heavy atom. The Kier molecular flexibility index (Phi) is 2.85. The van der Waals surface area contributed by atoms with E-state index in [0.29, 0.717) is 10.7 Å². The van der Waals surface area contributed by atoms with Gasteiger partial charge in [0.05, 0.1) is 17.5 Å². The van der Waals surface area contributed by atoms with Crippen molar-refractivity contribution < 1.29 is 9.59 Å². The fourth-order valence-electron chi connectivity index (χ4n) is 4.30. The molecule has 1 aromatic rings. The number of carbonyl (C=O) groups excluding carboxylic acids is 2. The van der Waals surface area contributed by atoms with Gasteiger partial charge in [-0.05, 0) is 32.0 Å². The molecule has 3 aliphatic rings. The van der Waals surface area contributed by atoms with E-state index in [0.717, 1.165) is 0 Å². The molecule has 4 atom stereocenters. The van der Waals surface area contributed by atoms with Crippen molar-refractivity contribution in [3.05, 3.63) is 52.6 Å². The number of anilines is 1. The van der Waals surface area contributed by atoms with E-state index >= 15 is 0 Å². The molecule has 1 saturated heterocycles. The molecule has 1 aromatic carbocycles. The molecule has 4 unspecified atom stereocenters. The minimum atomic E-state index is -0.244. The Bertz CT molecular complexity index is 726. The van der Waals surface area contributed by atoms with Gasteiger partial charge in [0.2, 0.25) is 11.8 Å². The highest BCUT2D eigenvalue weighted by molar-refractivity contribution is 6.31. The number of hydrogen-bond donors (Lipinski definition) is 0. The van der Waals surface area contributed by atoms with Gasteiger partial charge in [-0.2, -0.15) is 0 Å². The second-order valence-electron chi connectivity index (χ2n) is 6.44. The summed E-state index contributed by atoms with van der Waals surface area (Å²) in [6.07, 6.45) is 4.20. The molecule has 1 heterocycles. The summed E-state index contributed by atoms with van der Waals surface area (Å²) >= 11 is 6.00. The first-order valence-electron chi connectivity index (χ1n) is 7.49. The molecule has 0 aromatic heterocycles. The van der Waals surface area contributed by atoms with Crippen LogP contribution in [0.25, 0.3) is 0 Å². The summed E-state index contributed by atoms with van der Waals surface area (Å²) in [5, 5.41) is 0.529. The van der Waals surface area contributed by atoms with Crippen molar-refractivity contribution in [3.63, 3.8) is 0 Å². The van der Waals surface area contributed by atoms with E-state index in [1.165, 1.54) is 16.0 Å². The van der Waals surface area contributed by atoms with Crippen molar-refractivity contribution in [2.45, 2.75) is 13.8 Å². The lowest BCUT2D eigenvalue weighted by Gasteiger charge is -2.19. The number of fused-ring (bicyclic) bond motifs is 5. The number of carbonyl (C=O) groups is 2. The predicted molar refractivity (Wildman–Crippen MR) is 85.4 cm³/mol. The van der Waals surface area contributed by atoms with Crippen molar-refractivity contribution >= 4 is 29.1 Å². The molecule has 112 valence electrons. The van der Waals surface area contributed by atoms with Crippen LogP contribution in [0.1, 0.15) is 13.8 Å².